The van der Waals surface area contributed by atoms with Crippen LogP contribution in [0.15, 0.2) is 48.5 Å². The van der Waals surface area contributed by atoms with Crippen molar-refractivity contribution >= 4 is 5.69 Å². The molecule has 0 radical (unpaired) electrons. The molecule has 0 atom stereocenters. The normalized spacial score (nSPS) is 11.5. The van der Waals surface area contributed by atoms with E-state index in [0.717, 1.165) is 0 Å². The maximum Gasteiger partial charge on any atom is 0.115 e. The molecule has 0 fully saturated rings. The molecule has 132 valence electrons. The minimum atomic E-state index is 0.200. The number of aromatic hydroxyl groups is 1. The van der Waals surface area contributed by atoms with Crippen LogP contribution < -0.4 is 4.90 Å². The summed E-state index contributed by atoms with van der Waals surface area (Å²) in [4.78, 5) is 2.18. The first-order chi connectivity index (χ1) is 10.9. The Morgan fingerprint density at radius 3 is 1.38 bits per heavy atom. The van der Waals surface area contributed by atoms with Gasteiger partial charge < -0.3 is 10.0 Å². The molecule has 0 bridgehead atoms. The molecule has 24 heavy (non-hydrogen) atoms. The largest absolute Gasteiger partial charge is 0.508 e. The Hall–Kier alpha value is -1.96. The predicted molar refractivity (Wildman–Crippen MR) is 106 cm³/mol. The van der Waals surface area contributed by atoms with E-state index in [4.69, 9.17) is 5.11 Å². The van der Waals surface area contributed by atoms with Crippen LogP contribution in [0.25, 0.3) is 0 Å². The van der Waals surface area contributed by atoms with E-state index in [1.165, 1.54) is 16.8 Å². The van der Waals surface area contributed by atoms with Gasteiger partial charge in [0.05, 0.1) is 0 Å². The number of hydrogen-bond donors (Lipinski definition) is 1. The molecule has 2 rings (SSSR count). The van der Waals surface area contributed by atoms with Crippen LogP contribution in [-0.2, 0) is 10.8 Å². The fraction of sp³-hybridized carbons (Fsp3) is 0.455. The maximum atomic E-state index is 8.63. The van der Waals surface area contributed by atoms with Crippen LogP contribution in [0.1, 0.15) is 52.7 Å². The summed E-state index contributed by atoms with van der Waals surface area (Å²) in [6.45, 7) is 13.6. The molecule has 2 aromatic carbocycles. The average Bonchev–Trinajstić information content (AvgIpc) is 2.46. The highest BCUT2D eigenvalue weighted by Gasteiger charge is 2.20. The second kappa shape index (κ2) is 7.74. The highest BCUT2D eigenvalue weighted by atomic mass is 16.3. The SMILES string of the molecule is CN(C)c1cc(C(C)(C)C)cc(C(C)(C)C)c1.Oc1ccccc1. The first-order valence-corrected chi connectivity index (χ1v) is 8.48. The van der Waals surface area contributed by atoms with Crippen LogP contribution in [0, 0.1) is 0 Å². The van der Waals surface area contributed by atoms with E-state index in [-0.39, 0.29) is 10.8 Å². The van der Waals surface area contributed by atoms with Crippen molar-refractivity contribution in [2.24, 2.45) is 0 Å². The predicted octanol–water partition coefficient (Wildman–Crippen LogP) is 5.74. The number of phenolic OH excluding ortho intramolecular Hbond substituents is 1. The summed E-state index contributed by atoms with van der Waals surface area (Å²) in [7, 11) is 4.21. The first-order valence-electron chi connectivity index (χ1n) is 8.48. The second-order valence-corrected chi connectivity index (χ2v) is 8.50. The van der Waals surface area contributed by atoms with Gasteiger partial charge in [0.25, 0.3) is 0 Å². The van der Waals surface area contributed by atoms with Crippen molar-refractivity contribution in [3.8, 4) is 5.75 Å². The molecule has 0 aliphatic heterocycles. The number of benzene rings is 2. The summed E-state index contributed by atoms with van der Waals surface area (Å²) in [5.74, 6) is 0.322. The molecule has 2 nitrogen and oxygen atoms in total. The van der Waals surface area contributed by atoms with Crippen LogP contribution in [0.5, 0.6) is 5.75 Å². The van der Waals surface area contributed by atoms with Crippen LogP contribution in [0.3, 0.4) is 0 Å². The van der Waals surface area contributed by atoms with Crippen LogP contribution >= 0.6 is 0 Å². The lowest BCUT2D eigenvalue weighted by Gasteiger charge is -2.27. The quantitative estimate of drug-likeness (QED) is 0.722. The van der Waals surface area contributed by atoms with Gasteiger partial charge in [-0.25, -0.2) is 0 Å². The Bertz CT molecular complexity index is 599. The van der Waals surface area contributed by atoms with Crippen LogP contribution in [0.4, 0.5) is 5.69 Å². The Morgan fingerprint density at radius 2 is 1.12 bits per heavy atom. The summed E-state index contributed by atoms with van der Waals surface area (Å²) in [5, 5.41) is 8.63. The summed E-state index contributed by atoms with van der Waals surface area (Å²) >= 11 is 0. The highest BCUT2D eigenvalue weighted by molar-refractivity contribution is 5.53. The minimum absolute atomic E-state index is 0.200. The third kappa shape index (κ3) is 6.27. The standard InChI is InChI=1S/C16H27N.C6H6O/c1-15(2,3)12-9-13(16(4,5)6)11-14(10-12)17(7)8;7-6-4-2-1-3-5-6/h9-11H,1-8H3;1-5,7H. The van der Waals surface area contributed by atoms with Gasteiger partial charge in [0.1, 0.15) is 5.75 Å². The third-order valence-electron chi connectivity index (χ3n) is 3.92. The molecule has 0 spiro atoms. The summed E-state index contributed by atoms with van der Waals surface area (Å²) in [6.07, 6.45) is 0. The van der Waals surface area contributed by atoms with Gasteiger partial charge in [0.2, 0.25) is 0 Å². The third-order valence-corrected chi connectivity index (χ3v) is 3.92. The lowest BCUT2D eigenvalue weighted by atomic mass is 9.80. The van der Waals surface area contributed by atoms with Crippen molar-refractivity contribution in [1.29, 1.82) is 0 Å². The number of para-hydroxylation sites is 1. The van der Waals surface area contributed by atoms with E-state index in [1.807, 2.05) is 6.07 Å². The van der Waals surface area contributed by atoms with Gasteiger partial charge in [-0.05, 0) is 46.2 Å². The molecule has 0 unspecified atom stereocenters. The lowest BCUT2D eigenvalue weighted by molar-refractivity contribution is 0.475. The molecule has 0 saturated heterocycles. The van der Waals surface area contributed by atoms with Crippen molar-refractivity contribution in [3.05, 3.63) is 59.7 Å². The van der Waals surface area contributed by atoms with E-state index in [1.54, 1.807) is 24.3 Å². The number of anilines is 1. The van der Waals surface area contributed by atoms with Crippen molar-refractivity contribution in [2.45, 2.75) is 52.4 Å². The fourth-order valence-corrected chi connectivity index (χ4v) is 2.16. The topological polar surface area (TPSA) is 23.5 Å². The first kappa shape index (κ1) is 20.1. The van der Waals surface area contributed by atoms with Gasteiger partial charge in [0, 0.05) is 19.8 Å². The summed E-state index contributed by atoms with van der Waals surface area (Å²) in [5.41, 5.74) is 4.52. The minimum Gasteiger partial charge on any atom is -0.508 e. The molecule has 0 aliphatic carbocycles. The Balaban J connectivity index is 0.000000341. The lowest BCUT2D eigenvalue weighted by Crippen LogP contribution is -2.19. The van der Waals surface area contributed by atoms with E-state index in [0.29, 0.717) is 5.75 Å². The average molecular weight is 328 g/mol. The monoisotopic (exact) mass is 327 g/mol. The highest BCUT2D eigenvalue weighted by Crippen LogP contribution is 2.32. The molecule has 0 aromatic heterocycles. The van der Waals surface area contributed by atoms with E-state index in [9.17, 15) is 0 Å². The zero-order valence-electron chi connectivity index (χ0n) is 16.5. The zero-order chi connectivity index (χ0) is 18.5. The molecule has 0 saturated carbocycles. The second-order valence-electron chi connectivity index (χ2n) is 8.50. The molecular formula is C22H33NO. The van der Waals surface area contributed by atoms with Crippen molar-refractivity contribution in [2.75, 3.05) is 19.0 Å². The summed E-state index contributed by atoms with van der Waals surface area (Å²) < 4.78 is 0. The van der Waals surface area contributed by atoms with Crippen molar-refractivity contribution in [1.82, 2.24) is 0 Å². The van der Waals surface area contributed by atoms with E-state index < -0.39 is 0 Å². The smallest absolute Gasteiger partial charge is 0.115 e. The van der Waals surface area contributed by atoms with Gasteiger partial charge in [-0.1, -0.05) is 65.8 Å². The molecule has 2 aromatic rings. The molecule has 0 amide bonds. The number of phenols is 1. The fourth-order valence-electron chi connectivity index (χ4n) is 2.16. The Labute approximate surface area is 148 Å². The van der Waals surface area contributed by atoms with Gasteiger partial charge in [-0.2, -0.15) is 0 Å². The van der Waals surface area contributed by atoms with Gasteiger partial charge in [0.15, 0.2) is 0 Å². The number of hydrogen-bond acceptors (Lipinski definition) is 2. The number of rotatable bonds is 1. The van der Waals surface area contributed by atoms with E-state index >= 15 is 0 Å². The molecule has 0 aliphatic rings. The molecule has 0 heterocycles. The van der Waals surface area contributed by atoms with Crippen molar-refractivity contribution in [3.63, 3.8) is 0 Å². The van der Waals surface area contributed by atoms with Gasteiger partial charge in [-0.3, -0.25) is 0 Å². The summed E-state index contributed by atoms with van der Waals surface area (Å²) in [6, 6.07) is 15.7. The maximum absolute atomic E-state index is 8.63. The Morgan fingerprint density at radius 1 is 0.708 bits per heavy atom. The van der Waals surface area contributed by atoms with Crippen LogP contribution in [0.2, 0.25) is 0 Å². The number of nitrogens with zero attached hydrogens (tertiary/aromatic N) is 1. The van der Waals surface area contributed by atoms with Crippen molar-refractivity contribution < 1.29 is 5.11 Å². The molecular weight excluding hydrogens is 294 g/mol. The van der Waals surface area contributed by atoms with Gasteiger partial charge >= 0.3 is 0 Å². The zero-order valence-corrected chi connectivity index (χ0v) is 16.5. The molecule has 2 heteroatoms. The van der Waals surface area contributed by atoms with Gasteiger partial charge in [-0.15, -0.1) is 0 Å². The van der Waals surface area contributed by atoms with Crippen LogP contribution in [-0.4, -0.2) is 19.2 Å². The molecule has 1 N–H and O–H groups in total. The van der Waals surface area contributed by atoms with E-state index in [2.05, 4.69) is 78.7 Å². The Kier molecular flexibility index (Phi) is 6.48.